The Hall–Kier alpha value is -2.28. The van der Waals surface area contributed by atoms with E-state index >= 15 is 0 Å². The standard InChI is InChI=1S/C26H37N3O4/c1-27-17-33-18-29(24(27)30)23-14-8-13-22(23)26(20-10-4-3-5-11-20)16-28(25(31)32-2)15-19-9-6-7-12-21(19)26/h6-7,9,12,20,22-23H,3-5,8,10-11,13-18H2,1-2H3/t22-,23-,26?/m0/s1. The molecule has 2 aliphatic carbocycles. The molecule has 1 saturated heterocycles. The largest absolute Gasteiger partial charge is 0.453 e. The summed E-state index contributed by atoms with van der Waals surface area (Å²) in [5.74, 6) is 0.775. The molecule has 0 aromatic heterocycles. The van der Waals surface area contributed by atoms with Gasteiger partial charge in [-0.25, -0.2) is 9.59 Å². The van der Waals surface area contributed by atoms with Crippen LogP contribution in [0.1, 0.15) is 62.5 Å². The molecule has 2 saturated carbocycles. The predicted molar refractivity (Wildman–Crippen MR) is 124 cm³/mol. The Kier molecular flexibility index (Phi) is 6.25. The van der Waals surface area contributed by atoms with Crippen LogP contribution in [0, 0.1) is 11.8 Å². The lowest BCUT2D eigenvalue weighted by Gasteiger charge is -2.55. The van der Waals surface area contributed by atoms with Gasteiger partial charge in [0.15, 0.2) is 0 Å². The van der Waals surface area contributed by atoms with Crippen molar-refractivity contribution in [2.24, 2.45) is 11.8 Å². The topological polar surface area (TPSA) is 62.3 Å². The van der Waals surface area contributed by atoms with Gasteiger partial charge in [0.1, 0.15) is 13.5 Å². The summed E-state index contributed by atoms with van der Waals surface area (Å²) in [5.41, 5.74) is 2.44. The summed E-state index contributed by atoms with van der Waals surface area (Å²) >= 11 is 0. The van der Waals surface area contributed by atoms with Crippen LogP contribution in [0.2, 0.25) is 0 Å². The zero-order valence-electron chi connectivity index (χ0n) is 20.0. The van der Waals surface area contributed by atoms with Crippen molar-refractivity contribution >= 4 is 12.1 Å². The van der Waals surface area contributed by atoms with Crippen molar-refractivity contribution in [3.05, 3.63) is 35.4 Å². The fraction of sp³-hybridized carbons (Fsp3) is 0.692. The van der Waals surface area contributed by atoms with Crippen LogP contribution in [0.3, 0.4) is 0 Å². The van der Waals surface area contributed by atoms with Gasteiger partial charge in [-0.3, -0.25) is 4.90 Å². The molecule has 3 fully saturated rings. The van der Waals surface area contributed by atoms with Crippen LogP contribution in [-0.2, 0) is 21.4 Å². The van der Waals surface area contributed by atoms with Crippen LogP contribution < -0.4 is 0 Å². The number of rotatable bonds is 3. The molecule has 0 N–H and O–H groups in total. The molecule has 1 aromatic carbocycles. The van der Waals surface area contributed by atoms with E-state index < -0.39 is 0 Å². The summed E-state index contributed by atoms with van der Waals surface area (Å²) in [6.07, 6.45) is 9.01. The zero-order chi connectivity index (χ0) is 23.0. The number of ether oxygens (including phenoxy) is 2. The average molecular weight is 456 g/mol. The number of carbonyl (C=O) groups excluding carboxylic acids is 2. The van der Waals surface area contributed by atoms with Gasteiger partial charge in [-0.15, -0.1) is 0 Å². The highest BCUT2D eigenvalue weighted by molar-refractivity contribution is 5.75. The highest BCUT2D eigenvalue weighted by Gasteiger charge is 2.56. The molecule has 7 heteroatoms. The zero-order valence-corrected chi connectivity index (χ0v) is 20.0. The number of carbonyl (C=O) groups is 2. The fourth-order valence-electron chi connectivity index (χ4n) is 7.38. The molecule has 2 aliphatic heterocycles. The van der Waals surface area contributed by atoms with Crippen LogP contribution in [-0.4, -0.2) is 67.0 Å². The maximum absolute atomic E-state index is 13.2. The van der Waals surface area contributed by atoms with Crippen LogP contribution in [0.15, 0.2) is 24.3 Å². The van der Waals surface area contributed by atoms with Gasteiger partial charge >= 0.3 is 12.1 Å². The van der Waals surface area contributed by atoms with E-state index in [0.717, 1.165) is 19.3 Å². The minimum atomic E-state index is -0.253. The van der Waals surface area contributed by atoms with Crippen molar-refractivity contribution in [2.75, 3.05) is 34.2 Å². The third-order valence-electron chi connectivity index (χ3n) is 8.73. The molecule has 180 valence electrons. The monoisotopic (exact) mass is 455 g/mol. The van der Waals surface area contributed by atoms with Crippen LogP contribution >= 0.6 is 0 Å². The third-order valence-corrected chi connectivity index (χ3v) is 8.73. The Morgan fingerprint density at radius 3 is 2.64 bits per heavy atom. The molecule has 0 radical (unpaired) electrons. The number of methoxy groups -OCH3 is 1. The Morgan fingerprint density at radius 2 is 1.85 bits per heavy atom. The molecule has 33 heavy (non-hydrogen) atoms. The minimum Gasteiger partial charge on any atom is -0.453 e. The molecule has 1 unspecified atom stereocenters. The summed E-state index contributed by atoms with van der Waals surface area (Å²) in [7, 11) is 3.29. The van der Waals surface area contributed by atoms with E-state index in [2.05, 4.69) is 24.3 Å². The van der Waals surface area contributed by atoms with Crippen molar-refractivity contribution in [1.29, 1.82) is 0 Å². The van der Waals surface area contributed by atoms with Crippen molar-refractivity contribution < 1.29 is 19.1 Å². The first-order valence-corrected chi connectivity index (χ1v) is 12.6. The lowest BCUT2D eigenvalue weighted by Crippen LogP contribution is -2.61. The highest BCUT2D eigenvalue weighted by Crippen LogP contribution is 2.55. The van der Waals surface area contributed by atoms with Gasteiger partial charge in [0.05, 0.1) is 7.11 Å². The number of urea groups is 1. The maximum atomic E-state index is 13.2. The second-order valence-electron chi connectivity index (χ2n) is 10.4. The lowest BCUT2D eigenvalue weighted by atomic mass is 9.55. The molecule has 3 amide bonds. The van der Waals surface area contributed by atoms with Gasteiger partial charge in [0.25, 0.3) is 0 Å². The Morgan fingerprint density at radius 1 is 1.06 bits per heavy atom. The quantitative estimate of drug-likeness (QED) is 0.671. The first kappa shape index (κ1) is 22.5. The van der Waals surface area contributed by atoms with Crippen molar-refractivity contribution in [3.63, 3.8) is 0 Å². The molecular formula is C26H37N3O4. The van der Waals surface area contributed by atoms with E-state index in [1.54, 1.807) is 4.90 Å². The van der Waals surface area contributed by atoms with Gasteiger partial charge in [0, 0.05) is 31.6 Å². The molecule has 7 nitrogen and oxygen atoms in total. The van der Waals surface area contributed by atoms with E-state index in [1.165, 1.54) is 50.3 Å². The van der Waals surface area contributed by atoms with Gasteiger partial charge in [-0.05, 0) is 48.6 Å². The first-order valence-electron chi connectivity index (χ1n) is 12.6. The maximum Gasteiger partial charge on any atom is 0.409 e. The molecule has 2 heterocycles. The normalized spacial score (nSPS) is 31.0. The lowest BCUT2D eigenvalue weighted by molar-refractivity contribution is -0.0732. The van der Waals surface area contributed by atoms with E-state index in [4.69, 9.17) is 9.47 Å². The average Bonchev–Trinajstić information content (AvgIpc) is 3.35. The summed E-state index contributed by atoms with van der Waals surface area (Å²) in [6, 6.07) is 8.88. The fourth-order valence-corrected chi connectivity index (χ4v) is 7.38. The molecule has 0 spiro atoms. The number of nitrogens with zero attached hydrogens (tertiary/aromatic N) is 3. The van der Waals surface area contributed by atoms with Crippen molar-refractivity contribution in [3.8, 4) is 0 Å². The van der Waals surface area contributed by atoms with E-state index in [0.29, 0.717) is 32.5 Å². The van der Waals surface area contributed by atoms with E-state index in [9.17, 15) is 9.59 Å². The summed E-state index contributed by atoms with van der Waals surface area (Å²) < 4.78 is 11.0. The summed E-state index contributed by atoms with van der Waals surface area (Å²) in [5, 5.41) is 0. The van der Waals surface area contributed by atoms with Crippen molar-refractivity contribution in [2.45, 2.75) is 69.4 Å². The Labute approximate surface area is 197 Å². The Bertz CT molecular complexity index is 886. The second kappa shape index (κ2) is 9.16. The molecule has 4 aliphatic rings. The second-order valence-corrected chi connectivity index (χ2v) is 10.4. The van der Waals surface area contributed by atoms with Crippen molar-refractivity contribution in [1.82, 2.24) is 14.7 Å². The van der Waals surface area contributed by atoms with E-state index in [1.807, 2.05) is 16.8 Å². The SMILES string of the molecule is COC(=O)N1Cc2ccccc2C(C2CCCCC2)([C@H]2CCC[C@@H]2N2COCN(C)C2=O)C1. The van der Waals surface area contributed by atoms with Gasteiger partial charge in [0.2, 0.25) is 0 Å². The van der Waals surface area contributed by atoms with Crippen LogP contribution in [0.4, 0.5) is 9.59 Å². The molecule has 5 rings (SSSR count). The number of benzene rings is 1. The molecule has 3 atom stereocenters. The smallest absolute Gasteiger partial charge is 0.409 e. The number of fused-ring (bicyclic) bond motifs is 1. The Balaban J connectivity index is 1.62. The molecule has 0 bridgehead atoms. The first-order chi connectivity index (χ1) is 16.1. The minimum absolute atomic E-state index is 0.0610. The number of hydrogen-bond donors (Lipinski definition) is 0. The van der Waals surface area contributed by atoms with Gasteiger partial charge in [-0.1, -0.05) is 49.9 Å². The van der Waals surface area contributed by atoms with Gasteiger partial charge < -0.3 is 19.3 Å². The molecule has 1 aromatic rings. The number of hydrogen-bond acceptors (Lipinski definition) is 4. The van der Waals surface area contributed by atoms with Crippen LogP contribution in [0.25, 0.3) is 0 Å². The third kappa shape index (κ3) is 3.78. The highest BCUT2D eigenvalue weighted by atomic mass is 16.5. The molecular weight excluding hydrogens is 418 g/mol. The van der Waals surface area contributed by atoms with Crippen LogP contribution in [0.5, 0.6) is 0 Å². The summed E-state index contributed by atoms with van der Waals surface area (Å²) in [6.45, 7) is 1.96. The van der Waals surface area contributed by atoms with E-state index in [-0.39, 0.29) is 29.5 Å². The predicted octanol–water partition coefficient (Wildman–Crippen LogP) is 4.55. The van der Waals surface area contributed by atoms with Gasteiger partial charge in [-0.2, -0.15) is 0 Å². The number of amides is 3. The summed E-state index contributed by atoms with van der Waals surface area (Å²) in [4.78, 5) is 31.6.